The first-order valence-corrected chi connectivity index (χ1v) is 6.43. The van der Waals surface area contributed by atoms with E-state index >= 15 is 0 Å². The Morgan fingerprint density at radius 3 is 2.85 bits per heavy atom. The molecule has 1 heterocycles. The highest BCUT2D eigenvalue weighted by atomic mass is 16.4. The summed E-state index contributed by atoms with van der Waals surface area (Å²) >= 11 is 0. The number of hydrogen-bond donors (Lipinski definition) is 3. The molecule has 3 N–H and O–H groups in total. The maximum atomic E-state index is 11.9. The number of anilines is 1. The number of nitrogens with one attached hydrogen (secondary N) is 2. The normalized spacial score (nSPS) is 17.6. The molecule has 106 valence electrons. The third-order valence-corrected chi connectivity index (χ3v) is 3.17. The summed E-state index contributed by atoms with van der Waals surface area (Å²) in [5.41, 5.74) is 1.48. The van der Waals surface area contributed by atoms with Gasteiger partial charge >= 0.3 is 5.97 Å². The van der Waals surface area contributed by atoms with Crippen LogP contribution < -0.4 is 10.6 Å². The topological polar surface area (TPSA) is 95.5 Å². The Kier molecular flexibility index (Phi) is 4.34. The number of benzene rings is 1. The van der Waals surface area contributed by atoms with E-state index in [1.54, 1.807) is 18.2 Å². The zero-order chi connectivity index (χ0) is 14.5. The van der Waals surface area contributed by atoms with E-state index in [0.717, 1.165) is 5.56 Å². The van der Waals surface area contributed by atoms with Gasteiger partial charge in [-0.1, -0.05) is 12.1 Å². The van der Waals surface area contributed by atoms with Gasteiger partial charge < -0.3 is 15.7 Å². The van der Waals surface area contributed by atoms with Gasteiger partial charge in [0.1, 0.15) is 0 Å². The fourth-order valence-electron chi connectivity index (χ4n) is 2.09. The lowest BCUT2D eigenvalue weighted by Crippen LogP contribution is -2.24. The average molecular weight is 276 g/mol. The summed E-state index contributed by atoms with van der Waals surface area (Å²) in [6, 6.07) is 7.08. The van der Waals surface area contributed by atoms with Crippen molar-refractivity contribution in [2.45, 2.75) is 19.3 Å². The van der Waals surface area contributed by atoms with Gasteiger partial charge in [-0.15, -0.1) is 0 Å². The zero-order valence-corrected chi connectivity index (χ0v) is 10.9. The first-order valence-electron chi connectivity index (χ1n) is 6.43. The highest BCUT2D eigenvalue weighted by molar-refractivity contribution is 5.97. The Morgan fingerprint density at radius 2 is 2.20 bits per heavy atom. The maximum Gasteiger partial charge on any atom is 0.303 e. The van der Waals surface area contributed by atoms with Gasteiger partial charge in [-0.3, -0.25) is 14.4 Å². The third kappa shape index (κ3) is 3.81. The first-order chi connectivity index (χ1) is 9.54. The lowest BCUT2D eigenvalue weighted by atomic mass is 10.1. The molecule has 0 aromatic heterocycles. The second-order valence-electron chi connectivity index (χ2n) is 4.79. The van der Waals surface area contributed by atoms with Gasteiger partial charge in [-0.2, -0.15) is 0 Å². The van der Waals surface area contributed by atoms with E-state index in [9.17, 15) is 14.4 Å². The highest BCUT2D eigenvalue weighted by Crippen LogP contribution is 2.16. The molecule has 1 atom stereocenters. The number of carboxylic acid groups (broad SMARTS) is 1. The number of carbonyl (C=O) groups excluding carboxylic acids is 2. The number of aryl methyl sites for hydroxylation is 1. The van der Waals surface area contributed by atoms with Gasteiger partial charge in [0.2, 0.25) is 11.8 Å². The predicted molar refractivity (Wildman–Crippen MR) is 72.1 cm³/mol. The largest absolute Gasteiger partial charge is 0.481 e. The van der Waals surface area contributed by atoms with Crippen molar-refractivity contribution in [2.75, 3.05) is 11.9 Å². The average Bonchev–Trinajstić information content (AvgIpc) is 2.84. The molecule has 1 fully saturated rings. The van der Waals surface area contributed by atoms with Crippen LogP contribution in [0.4, 0.5) is 5.69 Å². The Bertz CT molecular complexity index is 542. The van der Waals surface area contributed by atoms with Gasteiger partial charge in [-0.25, -0.2) is 0 Å². The molecule has 1 aliphatic heterocycles. The smallest absolute Gasteiger partial charge is 0.303 e. The summed E-state index contributed by atoms with van der Waals surface area (Å²) in [6.07, 6.45) is 0.686. The minimum Gasteiger partial charge on any atom is -0.481 e. The standard InChI is InChI=1S/C14H16N2O4/c17-12-7-10(8-15-12)14(20)16-11-3-1-2-9(6-11)4-5-13(18)19/h1-3,6,10H,4-5,7-8H2,(H,15,17)(H,16,20)(H,18,19). The van der Waals surface area contributed by atoms with Gasteiger partial charge in [0.25, 0.3) is 0 Å². The van der Waals surface area contributed by atoms with Crippen LogP contribution in [0.25, 0.3) is 0 Å². The van der Waals surface area contributed by atoms with E-state index in [2.05, 4.69) is 10.6 Å². The van der Waals surface area contributed by atoms with E-state index in [4.69, 9.17) is 5.11 Å². The van der Waals surface area contributed by atoms with Crippen molar-refractivity contribution in [3.63, 3.8) is 0 Å². The number of hydrogen-bond acceptors (Lipinski definition) is 3. The fraction of sp³-hybridized carbons (Fsp3) is 0.357. The lowest BCUT2D eigenvalue weighted by Gasteiger charge is -2.10. The predicted octanol–water partition coefficient (Wildman–Crippen LogP) is 0.778. The molecule has 0 aliphatic carbocycles. The monoisotopic (exact) mass is 276 g/mol. The van der Waals surface area contributed by atoms with Crippen LogP contribution >= 0.6 is 0 Å². The molecule has 1 aromatic rings. The second kappa shape index (κ2) is 6.18. The molecule has 0 saturated carbocycles. The lowest BCUT2D eigenvalue weighted by molar-refractivity contribution is -0.137. The van der Waals surface area contributed by atoms with Crippen LogP contribution in [-0.2, 0) is 20.8 Å². The van der Waals surface area contributed by atoms with Crippen molar-refractivity contribution < 1.29 is 19.5 Å². The number of carboxylic acids is 1. The van der Waals surface area contributed by atoms with Crippen molar-refractivity contribution in [1.29, 1.82) is 0 Å². The van der Waals surface area contributed by atoms with Crippen LogP contribution in [0.3, 0.4) is 0 Å². The summed E-state index contributed by atoms with van der Waals surface area (Å²) in [6.45, 7) is 0.364. The zero-order valence-electron chi connectivity index (χ0n) is 10.9. The Labute approximate surface area is 116 Å². The Balaban J connectivity index is 1.95. The van der Waals surface area contributed by atoms with E-state index in [1.165, 1.54) is 0 Å². The fourth-order valence-corrected chi connectivity index (χ4v) is 2.09. The number of rotatable bonds is 5. The quantitative estimate of drug-likeness (QED) is 0.740. The maximum absolute atomic E-state index is 11.9. The molecule has 1 saturated heterocycles. The SMILES string of the molecule is O=C(O)CCc1cccc(NC(=O)C2CNC(=O)C2)c1. The van der Waals surface area contributed by atoms with Crippen molar-refractivity contribution in [1.82, 2.24) is 5.32 Å². The number of carbonyl (C=O) groups is 3. The van der Waals surface area contributed by atoms with Crippen LogP contribution in [-0.4, -0.2) is 29.4 Å². The summed E-state index contributed by atoms with van der Waals surface area (Å²) < 4.78 is 0. The highest BCUT2D eigenvalue weighted by Gasteiger charge is 2.27. The van der Waals surface area contributed by atoms with Crippen molar-refractivity contribution >= 4 is 23.5 Å². The van der Waals surface area contributed by atoms with Crippen LogP contribution in [0.2, 0.25) is 0 Å². The third-order valence-electron chi connectivity index (χ3n) is 3.17. The number of amides is 2. The van der Waals surface area contributed by atoms with Crippen LogP contribution in [0.15, 0.2) is 24.3 Å². The van der Waals surface area contributed by atoms with Gasteiger partial charge in [0.15, 0.2) is 0 Å². The number of aliphatic carboxylic acids is 1. The second-order valence-corrected chi connectivity index (χ2v) is 4.79. The molecule has 2 amide bonds. The minimum absolute atomic E-state index is 0.0540. The summed E-state index contributed by atoms with van der Waals surface area (Å²) in [5.74, 6) is -1.50. The molecule has 0 radical (unpaired) electrons. The molecule has 1 aliphatic rings. The van der Waals surface area contributed by atoms with Gasteiger partial charge in [0, 0.05) is 25.1 Å². The van der Waals surface area contributed by atoms with Crippen molar-refractivity contribution in [2.24, 2.45) is 5.92 Å². The van der Waals surface area contributed by atoms with E-state index in [0.29, 0.717) is 18.7 Å². The van der Waals surface area contributed by atoms with Gasteiger partial charge in [-0.05, 0) is 24.1 Å². The minimum atomic E-state index is -0.852. The molecular formula is C14H16N2O4. The first kappa shape index (κ1) is 14.0. The van der Waals surface area contributed by atoms with E-state index in [-0.39, 0.29) is 30.6 Å². The molecule has 1 unspecified atom stereocenters. The van der Waals surface area contributed by atoms with Gasteiger partial charge in [0.05, 0.1) is 5.92 Å². The van der Waals surface area contributed by atoms with Crippen LogP contribution in [0, 0.1) is 5.92 Å². The molecule has 2 rings (SSSR count). The van der Waals surface area contributed by atoms with E-state index < -0.39 is 5.97 Å². The molecule has 0 bridgehead atoms. The van der Waals surface area contributed by atoms with Crippen molar-refractivity contribution in [3.8, 4) is 0 Å². The molecule has 1 aromatic carbocycles. The Hall–Kier alpha value is -2.37. The summed E-state index contributed by atoms with van der Waals surface area (Å²) in [7, 11) is 0. The molecule has 6 heteroatoms. The Morgan fingerprint density at radius 1 is 1.40 bits per heavy atom. The van der Waals surface area contributed by atoms with Crippen LogP contribution in [0.1, 0.15) is 18.4 Å². The molecule has 6 nitrogen and oxygen atoms in total. The summed E-state index contributed by atoms with van der Waals surface area (Å²) in [5, 5.41) is 14.0. The molecular weight excluding hydrogens is 260 g/mol. The van der Waals surface area contributed by atoms with E-state index in [1.807, 2.05) is 6.07 Å². The van der Waals surface area contributed by atoms with Crippen molar-refractivity contribution in [3.05, 3.63) is 29.8 Å². The molecule has 0 spiro atoms. The van der Waals surface area contributed by atoms with Crippen LogP contribution in [0.5, 0.6) is 0 Å². The summed E-state index contributed by atoms with van der Waals surface area (Å²) in [4.78, 5) is 33.5. The molecule has 20 heavy (non-hydrogen) atoms.